The Morgan fingerprint density at radius 1 is 1.12 bits per heavy atom. The first-order chi connectivity index (χ1) is 24.5. The monoisotopic (exact) mass is 741 g/mol. The summed E-state index contributed by atoms with van der Waals surface area (Å²) in [5.41, 5.74) is -1.59. The van der Waals surface area contributed by atoms with Gasteiger partial charge in [0.2, 0.25) is 30.4 Å². The van der Waals surface area contributed by atoms with Gasteiger partial charge in [0.25, 0.3) is 5.91 Å². The van der Waals surface area contributed by atoms with Gasteiger partial charge in [0.05, 0.1) is 20.2 Å². The second-order valence-electron chi connectivity index (χ2n) is 11.6. The smallest absolute Gasteiger partial charge is 0.352 e. The number of nitrogens with one attached hydrogen (secondary N) is 3. The number of aliphatic hydroxyl groups is 1. The number of aliphatic hydroxyl groups excluding tert-OH is 1. The van der Waals surface area contributed by atoms with E-state index in [1.54, 1.807) is 47.2 Å². The molecular formula is C32H37N8O9S2+. The van der Waals surface area contributed by atoms with Gasteiger partial charge in [-0.05, 0) is 18.1 Å². The highest BCUT2D eigenvalue weighted by Crippen LogP contribution is 2.46. The molecule has 3 aliphatic rings. The van der Waals surface area contributed by atoms with Crippen LogP contribution in [-0.4, -0.2) is 129 Å². The number of benzene rings is 1. The molecule has 0 saturated carbocycles. The van der Waals surface area contributed by atoms with Crippen molar-refractivity contribution in [3.05, 3.63) is 71.7 Å². The van der Waals surface area contributed by atoms with Crippen LogP contribution < -0.4 is 25.6 Å². The average Bonchev–Trinajstić information content (AvgIpc) is 3.13. The number of aromatic nitrogens is 1. The summed E-state index contributed by atoms with van der Waals surface area (Å²) in [7, 11) is 1.81. The van der Waals surface area contributed by atoms with Crippen molar-refractivity contribution in [2.45, 2.75) is 28.9 Å². The summed E-state index contributed by atoms with van der Waals surface area (Å²) in [5, 5.41) is 27.6. The van der Waals surface area contributed by atoms with E-state index in [9.17, 15) is 43.8 Å². The van der Waals surface area contributed by atoms with Crippen molar-refractivity contribution < 1.29 is 48.5 Å². The number of urea groups is 1. The number of aliphatic carboxylic acids is 1. The molecule has 0 unspecified atom stereocenters. The van der Waals surface area contributed by atoms with Gasteiger partial charge in [-0.15, -0.1) is 23.5 Å². The lowest BCUT2D eigenvalue weighted by molar-refractivity contribution is -0.690. The molecule has 4 heterocycles. The van der Waals surface area contributed by atoms with Gasteiger partial charge < -0.3 is 31.1 Å². The molecule has 17 nitrogen and oxygen atoms in total. The Hall–Kier alpha value is -5.14. The number of hydrogen-bond donors (Lipinski definition) is 5. The number of piperazine rings is 1. The Morgan fingerprint density at radius 2 is 1.82 bits per heavy atom. The summed E-state index contributed by atoms with van der Waals surface area (Å²) in [6.45, 7) is 2.40. The molecule has 3 aliphatic heterocycles. The number of amides is 7. The van der Waals surface area contributed by atoms with E-state index in [-0.39, 0.29) is 55.4 Å². The number of pyridine rings is 1. The predicted octanol–water partition coefficient (Wildman–Crippen LogP) is -1.42. The summed E-state index contributed by atoms with van der Waals surface area (Å²) in [5.74, 6) is -4.71. The van der Waals surface area contributed by atoms with Gasteiger partial charge in [0.1, 0.15) is 17.1 Å². The highest BCUT2D eigenvalue weighted by molar-refractivity contribution is 8.01. The highest BCUT2D eigenvalue weighted by Gasteiger charge is 2.66. The quantitative estimate of drug-likeness (QED) is 0.0377. The molecule has 270 valence electrons. The van der Waals surface area contributed by atoms with Gasteiger partial charge >= 0.3 is 23.8 Å². The van der Waals surface area contributed by atoms with E-state index >= 15 is 0 Å². The van der Waals surface area contributed by atoms with Crippen LogP contribution in [-0.2, 0) is 28.8 Å². The van der Waals surface area contributed by atoms with Crippen LogP contribution in [0.5, 0.6) is 0 Å². The second-order valence-corrected chi connectivity index (χ2v) is 13.7. The zero-order chi connectivity index (χ0) is 36.9. The number of β-lactam (4-membered cyclic amide) rings is 1. The maximum atomic E-state index is 14.0. The van der Waals surface area contributed by atoms with Gasteiger partial charge in [-0.25, -0.2) is 9.59 Å². The number of hydrogen-bond acceptors (Lipinski definition) is 11. The van der Waals surface area contributed by atoms with E-state index in [0.29, 0.717) is 17.0 Å². The minimum absolute atomic E-state index is 0.0141. The number of nitrogens with zero attached hydrogens (tertiary/aromatic N) is 5. The maximum absolute atomic E-state index is 14.0. The van der Waals surface area contributed by atoms with Gasteiger partial charge in [0.15, 0.2) is 0 Å². The molecular weight excluding hydrogens is 705 g/mol. The number of thioether (sulfide) groups is 2. The van der Waals surface area contributed by atoms with Gasteiger partial charge in [-0.1, -0.05) is 35.0 Å². The van der Waals surface area contributed by atoms with E-state index in [1.165, 1.54) is 28.8 Å². The lowest BCUT2D eigenvalue weighted by atomic mass is 9.94. The van der Waals surface area contributed by atoms with Crippen LogP contribution in [0.1, 0.15) is 18.5 Å². The van der Waals surface area contributed by atoms with E-state index < -0.39 is 52.7 Å². The summed E-state index contributed by atoms with van der Waals surface area (Å²) < 4.78 is 1.79. The molecule has 5 N–H and O–H groups in total. The Kier molecular flexibility index (Phi) is 11.5. The topological polar surface area (TPSA) is 213 Å². The largest absolute Gasteiger partial charge is 0.477 e. The van der Waals surface area contributed by atoms with Crippen molar-refractivity contribution in [3.8, 4) is 0 Å². The summed E-state index contributed by atoms with van der Waals surface area (Å²) in [6, 6.07) is 9.13. The highest BCUT2D eigenvalue weighted by atomic mass is 32.2. The molecule has 1 aromatic heterocycles. The van der Waals surface area contributed by atoms with Crippen molar-refractivity contribution in [3.63, 3.8) is 0 Å². The van der Waals surface area contributed by atoms with Gasteiger partial charge in [-0.3, -0.25) is 33.8 Å². The first-order valence-corrected chi connectivity index (χ1v) is 17.9. The number of fused-ring (bicyclic) bond motifs is 1. The third-order valence-electron chi connectivity index (χ3n) is 8.57. The van der Waals surface area contributed by atoms with Crippen molar-refractivity contribution in [1.29, 1.82) is 0 Å². The van der Waals surface area contributed by atoms with E-state index in [0.717, 1.165) is 21.6 Å². The maximum Gasteiger partial charge on any atom is 0.352 e. The Morgan fingerprint density at radius 3 is 2.45 bits per heavy atom. The number of carboxylic acid groups (broad SMARTS) is 1. The molecule has 0 radical (unpaired) electrons. The van der Waals surface area contributed by atoms with E-state index in [2.05, 4.69) is 16.0 Å². The molecule has 2 saturated heterocycles. The Labute approximate surface area is 300 Å². The van der Waals surface area contributed by atoms with Crippen molar-refractivity contribution in [2.24, 2.45) is 0 Å². The number of carbonyl (C=O) groups excluding carboxylic acids is 6. The van der Waals surface area contributed by atoms with Crippen molar-refractivity contribution in [2.75, 3.05) is 56.3 Å². The van der Waals surface area contributed by atoms with Gasteiger partial charge in [0, 0.05) is 48.2 Å². The van der Waals surface area contributed by atoms with Crippen LogP contribution in [0.25, 0.3) is 0 Å². The number of rotatable bonds is 14. The van der Waals surface area contributed by atoms with Gasteiger partial charge in [-0.2, -0.15) is 5.01 Å². The first-order valence-electron chi connectivity index (χ1n) is 15.8. The molecule has 19 heteroatoms. The molecule has 0 bridgehead atoms. The zero-order valence-electron chi connectivity index (χ0n) is 27.7. The Balaban J connectivity index is 1.35. The standard InChI is InChI=1S/C32H36N8O9S2/c1-3-37-13-14-39(27(45)26(37)44)31(49)34-23(20-7-5-4-6-8-20)25(43)35-32(33-19-42)29(48)40-24(28(46)47)21(18-51-30(32)40)17-50-22-9-11-38(12-10-22)36(2)15-16-41/h4-12,19,23,30,41H,3,13-18H2,1-2H3,(H3-,33,34,35,42,43,46,47,49)/p+1/t23-,30-,32-/m1/s1. The Bertz CT molecular complexity index is 1750. The molecule has 7 amide bonds. The van der Waals surface area contributed by atoms with Crippen LogP contribution in [0.2, 0.25) is 0 Å². The first kappa shape index (κ1) is 37.1. The van der Waals surface area contributed by atoms with Crippen LogP contribution in [0.3, 0.4) is 0 Å². The van der Waals surface area contributed by atoms with Crippen molar-refractivity contribution >= 4 is 65.6 Å². The molecule has 51 heavy (non-hydrogen) atoms. The van der Waals surface area contributed by atoms with Crippen LogP contribution in [0.15, 0.2) is 71.0 Å². The van der Waals surface area contributed by atoms with Crippen LogP contribution >= 0.6 is 23.5 Å². The van der Waals surface area contributed by atoms with Crippen molar-refractivity contribution in [1.82, 2.24) is 30.7 Å². The normalized spacial score (nSPS) is 20.6. The summed E-state index contributed by atoms with van der Waals surface area (Å²) in [4.78, 5) is 94.5. The SMILES string of the molecule is CCN1CCN(C(=O)N[C@@H](C(=O)N[C@]2(NC=O)C(=O)N3C(C(=O)O)=C(CSc4cc[n+](N(C)CCO)cc4)CS[C@@H]32)c2ccccc2)C(=O)C1=O. The fourth-order valence-electron chi connectivity index (χ4n) is 5.85. The molecule has 0 aliphatic carbocycles. The fraction of sp³-hybridized carbons (Fsp3) is 0.375. The molecule has 1 aromatic carbocycles. The van der Waals surface area contributed by atoms with Crippen LogP contribution in [0.4, 0.5) is 4.79 Å². The number of carbonyl (C=O) groups is 7. The lowest BCUT2D eigenvalue weighted by Gasteiger charge is -2.56. The van der Waals surface area contributed by atoms with E-state index in [4.69, 9.17) is 0 Å². The minimum atomic E-state index is -2.06. The number of likely N-dealkylation sites (N-methyl/N-ethyl adjacent to an activating group) is 2. The number of imide groups is 1. The summed E-state index contributed by atoms with van der Waals surface area (Å²) in [6.07, 6.45) is 3.82. The molecule has 2 fully saturated rings. The third kappa shape index (κ3) is 7.35. The molecule has 2 aromatic rings. The second kappa shape index (κ2) is 15.8. The minimum Gasteiger partial charge on any atom is -0.477 e. The molecule has 0 spiro atoms. The predicted molar refractivity (Wildman–Crippen MR) is 183 cm³/mol. The zero-order valence-corrected chi connectivity index (χ0v) is 29.3. The third-order valence-corrected chi connectivity index (χ3v) is 11.1. The molecule has 5 rings (SSSR count). The molecule has 3 atom stereocenters. The summed E-state index contributed by atoms with van der Waals surface area (Å²) >= 11 is 2.51. The lowest BCUT2D eigenvalue weighted by Crippen LogP contribution is -2.85. The number of carboxylic acids is 1. The average molecular weight is 742 g/mol. The van der Waals surface area contributed by atoms with Crippen LogP contribution in [0, 0.1) is 0 Å². The fourth-order valence-corrected chi connectivity index (χ4v) is 8.30. The van der Waals surface area contributed by atoms with E-state index in [1.807, 2.05) is 19.2 Å².